The highest BCUT2D eigenvalue weighted by molar-refractivity contribution is 5.85. The highest BCUT2D eigenvalue weighted by Crippen LogP contribution is 2.21. The van der Waals surface area contributed by atoms with Crippen molar-refractivity contribution in [3.05, 3.63) is 12.2 Å². The van der Waals surface area contributed by atoms with Gasteiger partial charge in [-0.15, -0.1) is 0 Å². The van der Waals surface area contributed by atoms with E-state index in [0.29, 0.717) is 6.42 Å². The van der Waals surface area contributed by atoms with Gasteiger partial charge in [0.15, 0.2) is 0 Å². The number of ether oxygens (including phenoxy) is 1. The fourth-order valence-electron chi connectivity index (χ4n) is 5.86. The summed E-state index contributed by atoms with van der Waals surface area (Å²) in [6.07, 6.45) is 37.7. The average molecular weight is 623 g/mol. The number of hydrogen-bond donors (Lipinski definition) is 2. The summed E-state index contributed by atoms with van der Waals surface area (Å²) in [4.78, 5) is 25.4. The zero-order valence-corrected chi connectivity index (χ0v) is 29.3. The van der Waals surface area contributed by atoms with E-state index >= 15 is 0 Å². The van der Waals surface area contributed by atoms with Crippen molar-refractivity contribution in [1.82, 2.24) is 0 Å². The van der Waals surface area contributed by atoms with Crippen LogP contribution in [-0.2, 0) is 14.3 Å². The van der Waals surface area contributed by atoms with Gasteiger partial charge in [0.25, 0.3) is 0 Å². The number of carbonyl (C=O) groups is 2. The predicted octanol–water partition coefficient (Wildman–Crippen LogP) is 11.0. The van der Waals surface area contributed by atoms with E-state index in [1.54, 1.807) is 0 Å². The molecule has 0 aromatic rings. The van der Waals surface area contributed by atoms with Gasteiger partial charge >= 0.3 is 5.97 Å². The van der Waals surface area contributed by atoms with Gasteiger partial charge in [-0.25, -0.2) is 0 Å². The average Bonchev–Trinajstić information content (AvgIpc) is 3.03. The standard InChI is InChI=1S/C39H74O5/c1-3-5-7-9-11-13-15-17-18-20-22-24-26-28-30-32-38(42)36(33-39(43)44-35-37(41)34-40)31-29-27-25-23-21-19-16-14-12-10-8-6-4-2/h19,21,36-37,40-41H,3-18,20,22-35H2,1-2H3. The minimum absolute atomic E-state index is 0.0773. The Balaban J connectivity index is 4.11. The van der Waals surface area contributed by atoms with Gasteiger partial charge in [-0.2, -0.15) is 0 Å². The zero-order chi connectivity index (χ0) is 32.4. The fraction of sp³-hybridized carbons (Fsp3) is 0.897. The number of ketones is 1. The molecule has 0 aromatic carbocycles. The maximum atomic E-state index is 13.0. The van der Waals surface area contributed by atoms with E-state index in [4.69, 9.17) is 9.84 Å². The number of rotatable bonds is 35. The first-order valence-corrected chi connectivity index (χ1v) is 19.2. The molecule has 0 aliphatic rings. The number of aliphatic hydroxyl groups excluding tert-OH is 2. The van der Waals surface area contributed by atoms with Crippen molar-refractivity contribution >= 4 is 11.8 Å². The third-order valence-electron chi connectivity index (χ3n) is 8.86. The van der Waals surface area contributed by atoms with E-state index in [0.717, 1.165) is 44.9 Å². The van der Waals surface area contributed by atoms with Crippen LogP contribution in [0.15, 0.2) is 12.2 Å². The van der Waals surface area contributed by atoms with Crippen molar-refractivity contribution in [3.63, 3.8) is 0 Å². The quantitative estimate of drug-likeness (QED) is 0.0417. The highest BCUT2D eigenvalue weighted by atomic mass is 16.5. The molecule has 5 nitrogen and oxygen atoms in total. The number of carbonyl (C=O) groups excluding carboxylic acids is 2. The van der Waals surface area contributed by atoms with Gasteiger partial charge in [0.1, 0.15) is 18.5 Å². The third-order valence-corrected chi connectivity index (χ3v) is 8.86. The van der Waals surface area contributed by atoms with Gasteiger partial charge in [0.05, 0.1) is 13.0 Å². The van der Waals surface area contributed by atoms with Crippen molar-refractivity contribution in [2.45, 2.75) is 206 Å². The van der Waals surface area contributed by atoms with Crippen LogP contribution < -0.4 is 0 Å². The summed E-state index contributed by atoms with van der Waals surface area (Å²) in [5.74, 6) is -0.577. The van der Waals surface area contributed by atoms with E-state index < -0.39 is 18.7 Å². The Bertz CT molecular complexity index is 646. The zero-order valence-electron chi connectivity index (χ0n) is 29.3. The molecule has 0 aliphatic heterocycles. The summed E-state index contributed by atoms with van der Waals surface area (Å²) in [5.41, 5.74) is 0. The summed E-state index contributed by atoms with van der Waals surface area (Å²) in [7, 11) is 0. The lowest BCUT2D eigenvalue weighted by Gasteiger charge is -2.16. The number of Topliss-reactive ketones (excluding diaryl/α,β-unsaturated/α-hetero) is 1. The third kappa shape index (κ3) is 30.8. The van der Waals surface area contributed by atoms with Crippen molar-refractivity contribution in [2.24, 2.45) is 5.92 Å². The molecule has 0 rings (SSSR count). The topological polar surface area (TPSA) is 83.8 Å². The Morgan fingerprint density at radius 3 is 1.45 bits per heavy atom. The number of aliphatic hydroxyl groups is 2. The summed E-state index contributed by atoms with van der Waals surface area (Å²) >= 11 is 0. The van der Waals surface area contributed by atoms with Gasteiger partial charge in [-0.1, -0.05) is 161 Å². The molecule has 0 amide bonds. The lowest BCUT2D eigenvalue weighted by molar-refractivity contribution is -0.150. The molecule has 0 saturated carbocycles. The van der Waals surface area contributed by atoms with Crippen LogP contribution in [0.5, 0.6) is 0 Å². The molecule has 260 valence electrons. The molecule has 0 spiro atoms. The molecule has 0 fully saturated rings. The molecular formula is C39H74O5. The second-order valence-electron chi connectivity index (χ2n) is 13.3. The molecule has 0 aliphatic carbocycles. The SMILES string of the molecule is CCCCCCCCC=CCCCCCC(CC(=O)OCC(O)CO)C(=O)CCCCCCCCCCCCCCCCC. The number of esters is 1. The van der Waals surface area contributed by atoms with E-state index in [2.05, 4.69) is 26.0 Å². The molecule has 2 N–H and O–H groups in total. The molecule has 0 saturated heterocycles. The van der Waals surface area contributed by atoms with Crippen LogP contribution in [0, 0.1) is 5.92 Å². The number of hydrogen-bond acceptors (Lipinski definition) is 5. The van der Waals surface area contributed by atoms with Crippen LogP contribution in [0.2, 0.25) is 0 Å². The van der Waals surface area contributed by atoms with Crippen LogP contribution in [-0.4, -0.2) is 41.3 Å². The first kappa shape index (κ1) is 42.8. The van der Waals surface area contributed by atoms with E-state index in [1.165, 1.54) is 128 Å². The van der Waals surface area contributed by atoms with Crippen LogP contribution in [0.4, 0.5) is 0 Å². The maximum Gasteiger partial charge on any atom is 0.306 e. The molecule has 2 atom stereocenters. The normalized spacial score (nSPS) is 13.0. The summed E-state index contributed by atoms with van der Waals surface area (Å²) < 4.78 is 5.12. The Morgan fingerprint density at radius 2 is 1.00 bits per heavy atom. The van der Waals surface area contributed by atoms with Crippen molar-refractivity contribution in [3.8, 4) is 0 Å². The molecule has 0 bridgehead atoms. The van der Waals surface area contributed by atoms with E-state index in [-0.39, 0.29) is 24.7 Å². The van der Waals surface area contributed by atoms with Crippen LogP contribution >= 0.6 is 0 Å². The Kier molecular flexibility index (Phi) is 33.7. The highest BCUT2D eigenvalue weighted by Gasteiger charge is 2.22. The molecule has 0 radical (unpaired) electrons. The molecule has 0 heterocycles. The molecular weight excluding hydrogens is 548 g/mol. The van der Waals surface area contributed by atoms with Gasteiger partial charge in [-0.05, 0) is 38.5 Å². The first-order valence-electron chi connectivity index (χ1n) is 19.2. The molecule has 5 heteroatoms. The predicted molar refractivity (Wildman–Crippen MR) is 187 cm³/mol. The summed E-state index contributed by atoms with van der Waals surface area (Å²) in [6.45, 7) is 3.86. The minimum atomic E-state index is -1.07. The van der Waals surface area contributed by atoms with Crippen molar-refractivity contribution < 1.29 is 24.5 Å². The lowest BCUT2D eigenvalue weighted by Crippen LogP contribution is -2.25. The summed E-state index contributed by atoms with van der Waals surface area (Å²) in [6, 6.07) is 0. The fourth-order valence-corrected chi connectivity index (χ4v) is 5.86. The van der Waals surface area contributed by atoms with Crippen molar-refractivity contribution in [1.29, 1.82) is 0 Å². The number of allylic oxidation sites excluding steroid dienone is 2. The Labute approximate surface area is 273 Å². The van der Waals surface area contributed by atoms with Crippen LogP contribution in [0.3, 0.4) is 0 Å². The first-order chi connectivity index (χ1) is 21.5. The lowest BCUT2D eigenvalue weighted by atomic mass is 9.90. The number of unbranched alkanes of at least 4 members (excludes halogenated alkanes) is 23. The van der Waals surface area contributed by atoms with Crippen LogP contribution in [0.1, 0.15) is 200 Å². The molecule has 44 heavy (non-hydrogen) atoms. The van der Waals surface area contributed by atoms with E-state index in [9.17, 15) is 14.7 Å². The van der Waals surface area contributed by atoms with Crippen molar-refractivity contribution in [2.75, 3.05) is 13.2 Å². The van der Waals surface area contributed by atoms with Gasteiger partial charge in [-0.3, -0.25) is 9.59 Å². The second-order valence-corrected chi connectivity index (χ2v) is 13.3. The minimum Gasteiger partial charge on any atom is -0.463 e. The second kappa shape index (κ2) is 34.7. The monoisotopic (exact) mass is 623 g/mol. The smallest absolute Gasteiger partial charge is 0.306 e. The van der Waals surface area contributed by atoms with Gasteiger partial charge < -0.3 is 14.9 Å². The largest absolute Gasteiger partial charge is 0.463 e. The Hall–Kier alpha value is -1.20. The summed E-state index contributed by atoms with van der Waals surface area (Å²) in [5, 5.41) is 18.5. The van der Waals surface area contributed by atoms with Crippen LogP contribution in [0.25, 0.3) is 0 Å². The van der Waals surface area contributed by atoms with Gasteiger partial charge in [0, 0.05) is 12.3 Å². The Morgan fingerprint density at radius 1 is 0.591 bits per heavy atom. The molecule has 2 unspecified atom stereocenters. The van der Waals surface area contributed by atoms with Gasteiger partial charge in [0.2, 0.25) is 0 Å². The van der Waals surface area contributed by atoms with E-state index in [1.807, 2.05) is 0 Å². The molecule has 0 aromatic heterocycles. The maximum absolute atomic E-state index is 13.0.